The largest absolute Gasteiger partial charge is 0.240 e. The Morgan fingerprint density at radius 2 is 1.89 bits per heavy atom. The molecular weight excluding hydrogens is 253 g/mol. The van der Waals surface area contributed by atoms with Crippen molar-refractivity contribution in [3.8, 4) is 0 Å². The molecule has 1 aromatic carbocycles. The van der Waals surface area contributed by atoms with Gasteiger partial charge in [-0.05, 0) is 49.9 Å². The van der Waals surface area contributed by atoms with Crippen LogP contribution in [0.5, 0.6) is 0 Å². The van der Waals surface area contributed by atoms with E-state index in [4.69, 9.17) is 0 Å². The molecule has 0 aromatic heterocycles. The van der Waals surface area contributed by atoms with Gasteiger partial charge in [0.25, 0.3) is 0 Å². The summed E-state index contributed by atoms with van der Waals surface area (Å²) in [5.74, 6) is -0.441. The Morgan fingerprint density at radius 3 is 2.50 bits per heavy atom. The summed E-state index contributed by atoms with van der Waals surface area (Å²) < 4.78 is 39.1. The maximum absolute atomic E-state index is 12.7. The van der Waals surface area contributed by atoms with Crippen molar-refractivity contribution in [3.63, 3.8) is 0 Å². The van der Waals surface area contributed by atoms with Crippen LogP contribution in [0.25, 0.3) is 0 Å². The van der Waals surface area contributed by atoms with Crippen molar-refractivity contribution in [2.75, 3.05) is 6.54 Å². The molecule has 0 radical (unpaired) electrons. The van der Waals surface area contributed by atoms with Gasteiger partial charge in [-0.1, -0.05) is 11.6 Å². The molecule has 0 heterocycles. The molecule has 0 bridgehead atoms. The Kier molecular flexibility index (Phi) is 4.14. The highest BCUT2D eigenvalue weighted by molar-refractivity contribution is 7.89. The van der Waals surface area contributed by atoms with Gasteiger partial charge in [0, 0.05) is 6.54 Å². The third-order valence-electron chi connectivity index (χ3n) is 3.00. The molecule has 0 fully saturated rings. The summed E-state index contributed by atoms with van der Waals surface area (Å²) in [5, 5.41) is 0. The topological polar surface area (TPSA) is 46.2 Å². The van der Waals surface area contributed by atoms with E-state index in [9.17, 15) is 12.8 Å². The lowest BCUT2D eigenvalue weighted by Gasteiger charge is -2.13. The number of halogens is 1. The minimum atomic E-state index is -3.53. The first-order valence-corrected chi connectivity index (χ1v) is 7.49. The molecule has 0 saturated heterocycles. The van der Waals surface area contributed by atoms with Gasteiger partial charge in [-0.2, -0.15) is 0 Å². The summed E-state index contributed by atoms with van der Waals surface area (Å²) in [4.78, 5) is 0.0975. The van der Waals surface area contributed by atoms with Crippen molar-refractivity contribution in [1.82, 2.24) is 4.72 Å². The molecule has 2 rings (SSSR count). The van der Waals surface area contributed by atoms with E-state index in [0.717, 1.165) is 37.0 Å². The minimum absolute atomic E-state index is 0.0975. The lowest BCUT2D eigenvalue weighted by Crippen LogP contribution is -2.26. The minimum Gasteiger partial charge on any atom is -0.207 e. The number of nitrogens with one attached hydrogen (secondary N) is 1. The predicted molar refractivity (Wildman–Crippen MR) is 68.1 cm³/mol. The molecule has 0 atom stereocenters. The van der Waals surface area contributed by atoms with E-state index in [1.54, 1.807) is 0 Å². The quantitative estimate of drug-likeness (QED) is 0.854. The molecule has 18 heavy (non-hydrogen) atoms. The highest BCUT2D eigenvalue weighted by Gasteiger charge is 2.14. The summed E-state index contributed by atoms with van der Waals surface area (Å²) in [6.45, 7) is 0.347. The lowest BCUT2D eigenvalue weighted by atomic mass is 10.0. The molecule has 0 aliphatic heterocycles. The summed E-state index contributed by atoms with van der Waals surface area (Å²) >= 11 is 0. The maximum atomic E-state index is 12.7. The maximum Gasteiger partial charge on any atom is 0.240 e. The molecule has 0 spiro atoms. The van der Waals surface area contributed by atoms with E-state index >= 15 is 0 Å². The van der Waals surface area contributed by atoms with Crippen molar-refractivity contribution in [1.29, 1.82) is 0 Å². The molecule has 0 amide bonds. The molecule has 5 heteroatoms. The monoisotopic (exact) mass is 269 g/mol. The van der Waals surface area contributed by atoms with E-state index < -0.39 is 15.8 Å². The standard InChI is InChI=1S/C13H16FNO2S/c14-12-6-8-13(9-7-12)18(16,17)15-10-11-4-2-1-3-5-11/h4,6-9,15H,1-3,5,10H2. The highest BCUT2D eigenvalue weighted by atomic mass is 32.2. The van der Waals surface area contributed by atoms with Crippen LogP contribution in [0.3, 0.4) is 0 Å². The van der Waals surface area contributed by atoms with Crippen LogP contribution < -0.4 is 4.72 Å². The van der Waals surface area contributed by atoms with E-state index in [2.05, 4.69) is 10.8 Å². The smallest absolute Gasteiger partial charge is 0.207 e. The average molecular weight is 269 g/mol. The van der Waals surface area contributed by atoms with Gasteiger partial charge in [0.05, 0.1) is 4.90 Å². The van der Waals surface area contributed by atoms with Crippen LogP contribution in [-0.4, -0.2) is 15.0 Å². The fourth-order valence-corrected chi connectivity index (χ4v) is 2.99. The number of hydrogen-bond acceptors (Lipinski definition) is 2. The van der Waals surface area contributed by atoms with Crippen LogP contribution in [-0.2, 0) is 10.0 Å². The SMILES string of the molecule is O=S(=O)(NCC1=CCCCC1)c1ccc(F)cc1. The van der Waals surface area contributed by atoms with E-state index in [0.29, 0.717) is 6.54 Å². The van der Waals surface area contributed by atoms with Crippen LogP contribution in [0, 0.1) is 5.82 Å². The zero-order valence-corrected chi connectivity index (χ0v) is 10.8. The fraction of sp³-hybridized carbons (Fsp3) is 0.385. The van der Waals surface area contributed by atoms with Crippen molar-refractivity contribution >= 4 is 10.0 Å². The Labute approximate surface area is 107 Å². The fourth-order valence-electron chi connectivity index (χ4n) is 1.95. The number of hydrogen-bond donors (Lipinski definition) is 1. The summed E-state index contributed by atoms with van der Waals surface area (Å²) in [5.41, 5.74) is 1.13. The van der Waals surface area contributed by atoms with E-state index in [1.807, 2.05) is 0 Å². The van der Waals surface area contributed by atoms with Crippen molar-refractivity contribution in [2.45, 2.75) is 30.6 Å². The first kappa shape index (κ1) is 13.2. The van der Waals surface area contributed by atoms with Gasteiger partial charge in [0.1, 0.15) is 5.82 Å². The molecule has 1 N–H and O–H groups in total. The van der Waals surface area contributed by atoms with Gasteiger partial charge in [-0.3, -0.25) is 0 Å². The average Bonchev–Trinajstić information content (AvgIpc) is 2.38. The van der Waals surface area contributed by atoms with Crippen LogP contribution in [0.1, 0.15) is 25.7 Å². The third kappa shape index (κ3) is 3.40. The number of sulfonamides is 1. The second kappa shape index (κ2) is 5.63. The second-order valence-electron chi connectivity index (χ2n) is 4.39. The molecule has 1 aliphatic rings. The number of rotatable bonds is 4. The zero-order valence-electron chi connectivity index (χ0n) is 10.0. The Hall–Kier alpha value is -1.20. The van der Waals surface area contributed by atoms with Crippen molar-refractivity contribution in [2.24, 2.45) is 0 Å². The molecular formula is C13H16FNO2S. The Bertz CT molecular complexity index is 535. The molecule has 98 valence electrons. The third-order valence-corrected chi connectivity index (χ3v) is 4.42. The summed E-state index contributed by atoms with van der Waals surface area (Å²) in [7, 11) is -3.53. The summed E-state index contributed by atoms with van der Waals surface area (Å²) in [6.07, 6.45) is 6.36. The predicted octanol–water partition coefficient (Wildman–Crippen LogP) is 2.60. The van der Waals surface area contributed by atoms with Gasteiger partial charge >= 0.3 is 0 Å². The van der Waals surface area contributed by atoms with Crippen LogP contribution in [0.2, 0.25) is 0 Å². The highest BCUT2D eigenvalue weighted by Crippen LogP contribution is 2.17. The second-order valence-corrected chi connectivity index (χ2v) is 6.15. The van der Waals surface area contributed by atoms with Gasteiger partial charge in [-0.15, -0.1) is 0 Å². The molecule has 0 saturated carbocycles. The lowest BCUT2D eigenvalue weighted by molar-refractivity contribution is 0.581. The van der Waals surface area contributed by atoms with Crippen LogP contribution in [0.4, 0.5) is 4.39 Å². The number of allylic oxidation sites excluding steroid dienone is 1. The normalized spacial score (nSPS) is 16.4. The molecule has 1 aliphatic carbocycles. The van der Waals surface area contributed by atoms with Crippen LogP contribution in [0.15, 0.2) is 40.8 Å². The van der Waals surface area contributed by atoms with Crippen molar-refractivity contribution < 1.29 is 12.8 Å². The molecule has 1 aromatic rings. The first-order chi connectivity index (χ1) is 8.58. The molecule has 3 nitrogen and oxygen atoms in total. The van der Waals surface area contributed by atoms with Gasteiger partial charge in [0.2, 0.25) is 10.0 Å². The Balaban J connectivity index is 2.03. The van der Waals surface area contributed by atoms with Gasteiger partial charge in [-0.25, -0.2) is 17.5 Å². The first-order valence-electron chi connectivity index (χ1n) is 6.01. The van der Waals surface area contributed by atoms with E-state index in [1.165, 1.54) is 18.6 Å². The number of benzene rings is 1. The Morgan fingerprint density at radius 1 is 1.17 bits per heavy atom. The van der Waals surface area contributed by atoms with Crippen molar-refractivity contribution in [3.05, 3.63) is 41.7 Å². The molecule has 0 unspecified atom stereocenters. The summed E-state index contributed by atoms with van der Waals surface area (Å²) in [6, 6.07) is 4.84. The zero-order chi connectivity index (χ0) is 13.0. The van der Waals surface area contributed by atoms with Crippen LogP contribution >= 0.6 is 0 Å². The van der Waals surface area contributed by atoms with E-state index in [-0.39, 0.29) is 4.90 Å². The van der Waals surface area contributed by atoms with Gasteiger partial charge < -0.3 is 0 Å². The van der Waals surface area contributed by atoms with Gasteiger partial charge in [0.15, 0.2) is 0 Å².